The van der Waals surface area contributed by atoms with Crippen molar-refractivity contribution in [1.29, 1.82) is 0 Å². The molecule has 1 amide bonds. The second-order valence-corrected chi connectivity index (χ2v) is 7.45. The Kier molecular flexibility index (Phi) is 7.64. The molecule has 0 heterocycles. The van der Waals surface area contributed by atoms with Crippen LogP contribution in [0.4, 0.5) is 5.69 Å². The molecule has 0 atom stereocenters. The Bertz CT molecular complexity index is 634. The topological polar surface area (TPSA) is 75.7 Å². The van der Waals surface area contributed by atoms with Crippen LogP contribution in [0.1, 0.15) is 26.2 Å². The maximum absolute atomic E-state index is 12.1. The van der Waals surface area contributed by atoms with Crippen molar-refractivity contribution in [3.63, 3.8) is 0 Å². The molecule has 0 aromatic heterocycles. The quantitative estimate of drug-likeness (QED) is 0.732. The van der Waals surface area contributed by atoms with Gasteiger partial charge in [-0.2, -0.15) is 0 Å². The van der Waals surface area contributed by atoms with Gasteiger partial charge < -0.3 is 10.1 Å². The van der Waals surface area contributed by atoms with Crippen molar-refractivity contribution < 1.29 is 17.9 Å². The van der Waals surface area contributed by atoms with E-state index in [0.29, 0.717) is 22.9 Å². The number of rotatable bonds is 9. The van der Waals surface area contributed by atoms with E-state index in [9.17, 15) is 13.2 Å². The van der Waals surface area contributed by atoms with Gasteiger partial charge >= 0.3 is 0 Å². The Morgan fingerprint density at radius 2 is 2.09 bits per heavy atom. The molecule has 0 aliphatic rings. The van der Waals surface area contributed by atoms with Crippen LogP contribution in [0.25, 0.3) is 0 Å². The van der Waals surface area contributed by atoms with E-state index in [1.165, 1.54) is 17.5 Å². The molecule has 1 rings (SSSR count). The number of hydrogen-bond donors (Lipinski definition) is 1. The van der Waals surface area contributed by atoms with Crippen molar-refractivity contribution in [2.75, 3.05) is 30.8 Å². The predicted octanol–water partition coefficient (Wildman–Crippen LogP) is 2.42. The minimum atomic E-state index is -3.54. The first-order valence-corrected chi connectivity index (χ1v) is 9.60. The van der Waals surface area contributed by atoms with Gasteiger partial charge in [0.05, 0.1) is 25.6 Å². The van der Waals surface area contributed by atoms with Gasteiger partial charge in [0.1, 0.15) is 5.75 Å². The molecule has 0 unspecified atom stereocenters. The lowest BCUT2D eigenvalue weighted by molar-refractivity contribution is -0.121. The summed E-state index contributed by atoms with van der Waals surface area (Å²) < 4.78 is 30.5. The van der Waals surface area contributed by atoms with Crippen molar-refractivity contribution in [3.8, 4) is 5.75 Å². The number of hydrogen-bond acceptors (Lipinski definition) is 4. The van der Waals surface area contributed by atoms with E-state index >= 15 is 0 Å². The van der Waals surface area contributed by atoms with Gasteiger partial charge in [-0.1, -0.05) is 24.9 Å². The van der Waals surface area contributed by atoms with Crippen LogP contribution >= 0.6 is 11.6 Å². The molecule has 1 aromatic carbocycles. The summed E-state index contributed by atoms with van der Waals surface area (Å²) in [7, 11) is -2.08. The Morgan fingerprint density at radius 3 is 2.65 bits per heavy atom. The van der Waals surface area contributed by atoms with Gasteiger partial charge in [0.25, 0.3) is 0 Å². The number of nitrogens with one attached hydrogen (secondary N) is 1. The number of carbonyl (C=O) groups excluding carboxylic acids is 1. The fourth-order valence-electron chi connectivity index (χ4n) is 2.05. The van der Waals surface area contributed by atoms with Crippen LogP contribution in [-0.2, 0) is 14.8 Å². The minimum Gasteiger partial charge on any atom is -0.495 e. The Labute approximate surface area is 142 Å². The van der Waals surface area contributed by atoms with E-state index in [2.05, 4.69) is 5.32 Å². The summed E-state index contributed by atoms with van der Waals surface area (Å²) in [5.74, 6) is 0.315. The molecule has 8 heteroatoms. The van der Waals surface area contributed by atoms with E-state index in [4.69, 9.17) is 16.3 Å². The number of anilines is 1. The highest BCUT2D eigenvalue weighted by molar-refractivity contribution is 7.92. The highest BCUT2D eigenvalue weighted by Gasteiger charge is 2.21. The predicted molar refractivity (Wildman–Crippen MR) is 92.7 cm³/mol. The molecule has 0 aliphatic heterocycles. The lowest BCUT2D eigenvalue weighted by Gasteiger charge is -2.24. The second-order valence-electron chi connectivity index (χ2n) is 5.10. The first-order chi connectivity index (χ1) is 10.8. The number of carbonyl (C=O) groups is 1. The van der Waals surface area contributed by atoms with Crippen LogP contribution in [0.5, 0.6) is 5.75 Å². The van der Waals surface area contributed by atoms with Gasteiger partial charge in [-0.25, -0.2) is 8.42 Å². The summed E-state index contributed by atoms with van der Waals surface area (Å²) >= 11 is 5.96. The van der Waals surface area contributed by atoms with Crippen LogP contribution in [0.3, 0.4) is 0 Å². The molecular weight excluding hydrogens is 340 g/mol. The third kappa shape index (κ3) is 6.27. The lowest BCUT2D eigenvalue weighted by atomic mass is 10.2. The monoisotopic (exact) mass is 362 g/mol. The van der Waals surface area contributed by atoms with Gasteiger partial charge in [0.2, 0.25) is 15.9 Å². The number of unbranched alkanes of at least 4 members (excludes halogenated alkanes) is 1. The molecule has 0 radical (unpaired) electrons. The number of sulfonamides is 1. The second kappa shape index (κ2) is 8.98. The van der Waals surface area contributed by atoms with Crippen LogP contribution in [-0.4, -0.2) is 40.8 Å². The molecule has 0 spiro atoms. The third-order valence-electron chi connectivity index (χ3n) is 3.20. The fraction of sp³-hybridized carbons (Fsp3) is 0.533. The van der Waals surface area contributed by atoms with Crippen molar-refractivity contribution in [2.24, 2.45) is 0 Å². The summed E-state index contributed by atoms with van der Waals surface area (Å²) in [4.78, 5) is 11.6. The summed E-state index contributed by atoms with van der Waals surface area (Å²) in [5.41, 5.74) is 0.352. The Balaban J connectivity index is 2.87. The van der Waals surface area contributed by atoms with Crippen molar-refractivity contribution >= 4 is 33.2 Å². The van der Waals surface area contributed by atoms with Crippen molar-refractivity contribution in [3.05, 3.63) is 23.2 Å². The lowest BCUT2D eigenvalue weighted by Crippen LogP contribution is -2.38. The number of benzene rings is 1. The van der Waals surface area contributed by atoms with E-state index in [1.807, 2.05) is 6.92 Å². The number of methoxy groups -OCH3 is 1. The van der Waals surface area contributed by atoms with Gasteiger partial charge in [-0.3, -0.25) is 9.10 Å². The van der Waals surface area contributed by atoms with E-state index in [-0.39, 0.29) is 19.0 Å². The highest BCUT2D eigenvalue weighted by atomic mass is 35.5. The summed E-state index contributed by atoms with van der Waals surface area (Å²) in [6.45, 7) is 2.32. The van der Waals surface area contributed by atoms with E-state index < -0.39 is 10.0 Å². The molecule has 0 fully saturated rings. The maximum Gasteiger partial charge on any atom is 0.232 e. The molecule has 0 aliphatic carbocycles. The number of ether oxygens (including phenoxy) is 1. The summed E-state index contributed by atoms with van der Waals surface area (Å²) in [6, 6.07) is 4.76. The largest absolute Gasteiger partial charge is 0.495 e. The number of nitrogens with zero attached hydrogens (tertiary/aromatic N) is 1. The van der Waals surface area contributed by atoms with Gasteiger partial charge in [0, 0.05) is 18.0 Å². The SMILES string of the molecule is CCCCC(=O)NCCN(c1cc(Cl)ccc1OC)S(C)(=O)=O. The van der Waals surface area contributed by atoms with Gasteiger partial charge in [-0.15, -0.1) is 0 Å². The van der Waals surface area contributed by atoms with Crippen molar-refractivity contribution in [2.45, 2.75) is 26.2 Å². The number of amides is 1. The zero-order valence-corrected chi connectivity index (χ0v) is 15.2. The van der Waals surface area contributed by atoms with Crippen LogP contribution in [0.15, 0.2) is 18.2 Å². The van der Waals surface area contributed by atoms with Crippen LogP contribution in [0.2, 0.25) is 5.02 Å². The zero-order chi connectivity index (χ0) is 17.5. The zero-order valence-electron chi connectivity index (χ0n) is 13.6. The summed E-state index contributed by atoms with van der Waals surface area (Å²) in [5, 5.41) is 3.13. The molecule has 0 bridgehead atoms. The van der Waals surface area contributed by atoms with Gasteiger partial charge in [0.15, 0.2) is 0 Å². The Hall–Kier alpha value is -1.47. The minimum absolute atomic E-state index is 0.0849. The molecule has 1 aromatic rings. The molecule has 1 N–H and O–H groups in total. The van der Waals surface area contributed by atoms with E-state index in [0.717, 1.165) is 19.1 Å². The van der Waals surface area contributed by atoms with Gasteiger partial charge in [-0.05, 0) is 24.6 Å². The molecule has 0 saturated carbocycles. The molecule has 6 nitrogen and oxygen atoms in total. The standard InChI is InChI=1S/C15H23ClN2O4S/c1-4-5-6-15(19)17-9-10-18(23(3,20)21)13-11-12(16)7-8-14(13)22-2/h7-8,11H,4-6,9-10H2,1-3H3,(H,17,19). The maximum atomic E-state index is 12.1. The first-order valence-electron chi connectivity index (χ1n) is 7.37. The average Bonchev–Trinajstić information content (AvgIpc) is 2.48. The van der Waals surface area contributed by atoms with Crippen molar-refractivity contribution in [1.82, 2.24) is 5.32 Å². The normalized spacial score (nSPS) is 11.1. The highest BCUT2D eigenvalue weighted by Crippen LogP contribution is 2.32. The summed E-state index contributed by atoms with van der Waals surface area (Å²) in [6.07, 6.45) is 3.29. The molecular formula is C15H23ClN2O4S. The average molecular weight is 363 g/mol. The van der Waals surface area contributed by atoms with E-state index in [1.54, 1.807) is 12.1 Å². The number of halogens is 1. The molecule has 23 heavy (non-hydrogen) atoms. The fourth-order valence-corrected chi connectivity index (χ4v) is 3.13. The molecule has 130 valence electrons. The van der Waals surface area contributed by atoms with Crippen LogP contribution < -0.4 is 14.4 Å². The molecule has 0 saturated heterocycles. The third-order valence-corrected chi connectivity index (χ3v) is 4.62. The first kappa shape index (κ1) is 19.6. The van der Waals surface area contributed by atoms with Crippen LogP contribution in [0, 0.1) is 0 Å². The smallest absolute Gasteiger partial charge is 0.232 e. The Morgan fingerprint density at radius 1 is 1.39 bits per heavy atom.